The van der Waals surface area contributed by atoms with Crippen LogP contribution < -0.4 is 29.5 Å². The van der Waals surface area contributed by atoms with Crippen LogP contribution >= 0.6 is 0 Å². The Morgan fingerprint density at radius 1 is 0.419 bits per heavy atom. The zero-order valence-corrected chi connectivity index (χ0v) is 25.0. The van der Waals surface area contributed by atoms with Crippen LogP contribution in [0.1, 0.15) is 0 Å². The molecular weight excluding hydrogens is 547 g/mol. The molecule has 0 aromatic heterocycles. The summed E-state index contributed by atoms with van der Waals surface area (Å²) in [6.07, 6.45) is 0. The summed E-state index contributed by atoms with van der Waals surface area (Å²) < 4.78 is 19.7. The molecule has 5 heteroatoms. The van der Waals surface area contributed by atoms with E-state index in [0.717, 1.165) is 34.1 Å². The molecule has 0 saturated heterocycles. The minimum Gasteiger partial charge on any atom is -0.455 e. The van der Waals surface area contributed by atoms with E-state index < -0.39 is 8.07 Å². The monoisotopic (exact) mass is 575 g/mol. The van der Waals surface area contributed by atoms with Crippen LogP contribution in [0.2, 0.25) is 13.1 Å². The third-order valence-electron chi connectivity index (χ3n) is 8.39. The van der Waals surface area contributed by atoms with Crippen LogP contribution in [-0.2, 0) is 0 Å². The standard InChI is InChI=1S/C38H29NO3Si/c1-43(2)35-20-9-8-18-33(35)42-38-30(15-11-21-36(38)43)39(28-24-22-27(23-25-28)26-12-4-3-5-13-26)29-14-10-19-34-37(29)41-32-17-7-6-16-31(32)40-34/h3-25H,1-2H3. The third-order valence-corrected chi connectivity index (χ3v) is 11.9. The van der Waals surface area contributed by atoms with Crippen LogP contribution in [0.4, 0.5) is 17.1 Å². The second kappa shape index (κ2) is 9.93. The van der Waals surface area contributed by atoms with Crippen LogP contribution in [0, 0.1) is 0 Å². The second-order valence-corrected chi connectivity index (χ2v) is 15.7. The summed E-state index contributed by atoms with van der Waals surface area (Å²) in [6, 6.07) is 47.9. The molecule has 4 nitrogen and oxygen atoms in total. The first-order valence-electron chi connectivity index (χ1n) is 14.5. The number of anilines is 3. The molecule has 0 aliphatic carbocycles. The first-order valence-corrected chi connectivity index (χ1v) is 17.5. The Morgan fingerprint density at radius 3 is 1.72 bits per heavy atom. The number of rotatable bonds is 4. The number of hydrogen-bond donors (Lipinski definition) is 0. The van der Waals surface area contributed by atoms with Crippen molar-refractivity contribution in [2.24, 2.45) is 0 Å². The molecule has 208 valence electrons. The van der Waals surface area contributed by atoms with Gasteiger partial charge in [0.2, 0.25) is 0 Å². The Bertz CT molecular complexity index is 1990. The molecule has 6 aromatic rings. The van der Waals surface area contributed by atoms with Gasteiger partial charge in [0.25, 0.3) is 0 Å². The first kappa shape index (κ1) is 25.4. The zero-order valence-electron chi connectivity index (χ0n) is 24.0. The number of ether oxygens (including phenoxy) is 3. The molecule has 0 atom stereocenters. The summed E-state index contributed by atoms with van der Waals surface area (Å²) in [4.78, 5) is 2.24. The predicted octanol–water partition coefficient (Wildman–Crippen LogP) is 9.65. The van der Waals surface area contributed by atoms with Crippen molar-refractivity contribution in [3.05, 3.63) is 140 Å². The van der Waals surface area contributed by atoms with E-state index in [1.165, 1.54) is 15.9 Å². The first-order chi connectivity index (χ1) is 21.1. The summed E-state index contributed by atoms with van der Waals surface area (Å²) in [6.45, 7) is 4.79. The van der Waals surface area contributed by atoms with Gasteiger partial charge in [0, 0.05) is 5.69 Å². The molecule has 0 bridgehead atoms. The van der Waals surface area contributed by atoms with Gasteiger partial charge in [0.05, 0.1) is 11.4 Å². The molecule has 0 spiro atoms. The van der Waals surface area contributed by atoms with Crippen molar-refractivity contribution in [1.29, 1.82) is 0 Å². The lowest BCUT2D eigenvalue weighted by atomic mass is 10.0. The fourth-order valence-electron chi connectivity index (χ4n) is 6.18. The number of nitrogens with zero attached hydrogens (tertiary/aromatic N) is 1. The van der Waals surface area contributed by atoms with Crippen molar-refractivity contribution in [3.8, 4) is 45.6 Å². The van der Waals surface area contributed by atoms with Crippen molar-refractivity contribution >= 4 is 35.5 Å². The van der Waals surface area contributed by atoms with E-state index in [1.807, 2.05) is 48.5 Å². The number of hydrogen-bond acceptors (Lipinski definition) is 4. The highest BCUT2D eigenvalue weighted by molar-refractivity contribution is 7.01. The molecular formula is C38H29NO3Si. The van der Waals surface area contributed by atoms with E-state index in [-0.39, 0.29) is 0 Å². The van der Waals surface area contributed by atoms with Crippen LogP contribution in [0.5, 0.6) is 34.5 Å². The zero-order chi connectivity index (χ0) is 29.0. The van der Waals surface area contributed by atoms with Crippen LogP contribution in [0.15, 0.2) is 140 Å². The Labute approximate surface area is 252 Å². The van der Waals surface area contributed by atoms with E-state index in [2.05, 4.69) is 109 Å². The Hall–Kier alpha value is -5.26. The maximum atomic E-state index is 6.78. The summed E-state index contributed by atoms with van der Waals surface area (Å²) in [5, 5.41) is 2.57. The highest BCUT2D eigenvalue weighted by atomic mass is 28.3. The van der Waals surface area contributed by atoms with Gasteiger partial charge in [-0.2, -0.15) is 0 Å². The number of benzene rings is 6. The SMILES string of the molecule is C[Si]1(C)c2ccccc2Oc2c(N(c3ccc(-c4ccccc4)cc3)c3cccc4c3Oc3ccccc3O4)cccc21. The minimum absolute atomic E-state index is 0.665. The molecule has 0 N–H and O–H groups in total. The van der Waals surface area contributed by atoms with Gasteiger partial charge in [-0.25, -0.2) is 0 Å². The summed E-state index contributed by atoms with van der Waals surface area (Å²) >= 11 is 0. The molecule has 2 heterocycles. The second-order valence-electron chi connectivity index (χ2n) is 11.4. The molecule has 43 heavy (non-hydrogen) atoms. The highest BCUT2D eigenvalue weighted by Crippen LogP contribution is 2.53. The van der Waals surface area contributed by atoms with Gasteiger partial charge in [0.15, 0.2) is 28.7 Å². The number of para-hydroxylation sites is 5. The maximum Gasteiger partial charge on any atom is 0.194 e. The molecule has 8 rings (SSSR count). The molecule has 2 aliphatic heterocycles. The Balaban J connectivity index is 1.33. The largest absolute Gasteiger partial charge is 0.455 e. The van der Waals surface area contributed by atoms with E-state index >= 15 is 0 Å². The lowest BCUT2D eigenvalue weighted by molar-refractivity contribution is 0.360. The van der Waals surface area contributed by atoms with Crippen molar-refractivity contribution in [2.75, 3.05) is 4.90 Å². The van der Waals surface area contributed by atoms with Crippen molar-refractivity contribution in [1.82, 2.24) is 0 Å². The fraction of sp³-hybridized carbons (Fsp3) is 0.0526. The molecule has 0 radical (unpaired) electrons. The van der Waals surface area contributed by atoms with Crippen molar-refractivity contribution < 1.29 is 14.2 Å². The lowest BCUT2D eigenvalue weighted by Crippen LogP contribution is -2.56. The van der Waals surface area contributed by atoms with Crippen LogP contribution in [0.3, 0.4) is 0 Å². The number of fused-ring (bicyclic) bond motifs is 4. The topological polar surface area (TPSA) is 30.9 Å². The van der Waals surface area contributed by atoms with Crippen LogP contribution in [-0.4, -0.2) is 8.07 Å². The fourth-order valence-corrected chi connectivity index (χ4v) is 8.99. The third kappa shape index (κ3) is 4.20. The van der Waals surface area contributed by atoms with Crippen LogP contribution in [0.25, 0.3) is 11.1 Å². The van der Waals surface area contributed by atoms with Crippen molar-refractivity contribution in [3.63, 3.8) is 0 Å². The van der Waals surface area contributed by atoms with Gasteiger partial charge in [-0.15, -0.1) is 0 Å². The summed E-state index contributed by atoms with van der Waals surface area (Å²) in [5.74, 6) is 4.56. The maximum absolute atomic E-state index is 6.78. The average molecular weight is 576 g/mol. The van der Waals surface area contributed by atoms with Gasteiger partial charge in [-0.1, -0.05) is 104 Å². The van der Waals surface area contributed by atoms with Crippen molar-refractivity contribution in [2.45, 2.75) is 13.1 Å². The molecule has 6 aromatic carbocycles. The van der Waals surface area contributed by atoms with E-state index in [1.54, 1.807) is 0 Å². The molecule has 0 saturated carbocycles. The van der Waals surface area contributed by atoms with E-state index in [0.29, 0.717) is 23.0 Å². The van der Waals surface area contributed by atoms with E-state index in [4.69, 9.17) is 14.2 Å². The summed E-state index contributed by atoms with van der Waals surface area (Å²) in [7, 11) is -2.05. The molecule has 0 fully saturated rings. The normalized spacial score (nSPS) is 13.6. The quantitative estimate of drug-likeness (QED) is 0.196. The van der Waals surface area contributed by atoms with Gasteiger partial charge in [0.1, 0.15) is 13.8 Å². The minimum atomic E-state index is -2.05. The van der Waals surface area contributed by atoms with Gasteiger partial charge in [-0.3, -0.25) is 0 Å². The average Bonchev–Trinajstić information content (AvgIpc) is 3.05. The van der Waals surface area contributed by atoms with Gasteiger partial charge < -0.3 is 19.1 Å². The molecule has 2 aliphatic rings. The lowest BCUT2D eigenvalue weighted by Gasteiger charge is -2.37. The van der Waals surface area contributed by atoms with E-state index in [9.17, 15) is 0 Å². The summed E-state index contributed by atoms with van der Waals surface area (Å²) in [5.41, 5.74) is 5.15. The molecule has 0 unspecified atom stereocenters. The van der Waals surface area contributed by atoms with Gasteiger partial charge in [-0.05, 0) is 70.0 Å². The predicted molar refractivity (Wildman–Crippen MR) is 176 cm³/mol. The Morgan fingerprint density at radius 2 is 0.953 bits per heavy atom. The Kier molecular flexibility index (Phi) is 5.88. The van der Waals surface area contributed by atoms with Gasteiger partial charge >= 0.3 is 0 Å². The molecule has 0 amide bonds. The highest BCUT2D eigenvalue weighted by Gasteiger charge is 2.38. The smallest absolute Gasteiger partial charge is 0.194 e.